The predicted molar refractivity (Wildman–Crippen MR) is 67.9 cm³/mol. The molecule has 0 radical (unpaired) electrons. The third kappa shape index (κ3) is 17.9. The summed E-state index contributed by atoms with van der Waals surface area (Å²) < 4.78 is 0. The number of unbranched alkanes of at least 4 members (excludes halogenated alkanes) is 6. The fraction of sp³-hybridized carbons (Fsp3) is 1.00. The summed E-state index contributed by atoms with van der Waals surface area (Å²) in [6.45, 7) is 10.8. The average Bonchev–Trinajstić information content (AvgIpc) is 2.25. The van der Waals surface area contributed by atoms with Crippen LogP contribution in [0, 0.1) is 0 Å². The number of rotatable bonds is 9. The highest BCUT2D eigenvalue weighted by Gasteiger charge is 1.89. The number of hydrogen-bond acceptors (Lipinski definition) is 1. The Balaban J connectivity index is 0. The summed E-state index contributed by atoms with van der Waals surface area (Å²) in [6, 6.07) is 0. The van der Waals surface area contributed by atoms with Crippen molar-refractivity contribution in [3.63, 3.8) is 0 Å². The van der Waals surface area contributed by atoms with Crippen LogP contribution < -0.4 is 5.32 Å². The van der Waals surface area contributed by atoms with Crippen molar-refractivity contribution in [2.24, 2.45) is 0 Å². The molecule has 0 atom stereocenters. The zero-order valence-corrected chi connectivity index (χ0v) is 10.9. The summed E-state index contributed by atoms with van der Waals surface area (Å²) in [5.74, 6) is 0. The molecule has 1 nitrogen and oxygen atoms in total. The summed E-state index contributed by atoms with van der Waals surface area (Å²) in [5.41, 5.74) is 0. The molecular weight excluding hydrogens is 170 g/mol. The molecule has 14 heavy (non-hydrogen) atoms. The molecule has 0 aliphatic heterocycles. The van der Waals surface area contributed by atoms with Gasteiger partial charge in [0, 0.05) is 0 Å². The molecule has 0 aliphatic rings. The van der Waals surface area contributed by atoms with Gasteiger partial charge in [-0.05, 0) is 19.5 Å². The van der Waals surface area contributed by atoms with Gasteiger partial charge in [-0.2, -0.15) is 0 Å². The molecule has 0 amide bonds. The Morgan fingerprint density at radius 2 is 1.21 bits per heavy atom. The van der Waals surface area contributed by atoms with E-state index in [0.717, 1.165) is 6.54 Å². The van der Waals surface area contributed by atoms with E-state index in [-0.39, 0.29) is 0 Å². The lowest BCUT2D eigenvalue weighted by Gasteiger charge is -2.01. The van der Waals surface area contributed by atoms with Crippen molar-refractivity contribution in [3.05, 3.63) is 0 Å². The van der Waals surface area contributed by atoms with E-state index in [1.807, 2.05) is 13.8 Å². The predicted octanol–water partition coefficient (Wildman–Crippen LogP) is 4.37. The van der Waals surface area contributed by atoms with Crippen molar-refractivity contribution in [1.82, 2.24) is 5.32 Å². The second-order valence-electron chi connectivity index (χ2n) is 3.47. The fourth-order valence-corrected chi connectivity index (χ4v) is 1.38. The molecule has 0 rings (SSSR count). The van der Waals surface area contributed by atoms with Crippen molar-refractivity contribution in [1.29, 1.82) is 0 Å². The summed E-state index contributed by atoms with van der Waals surface area (Å²) >= 11 is 0. The maximum atomic E-state index is 3.35. The molecule has 0 bridgehead atoms. The van der Waals surface area contributed by atoms with Crippen molar-refractivity contribution in [2.75, 3.05) is 13.1 Å². The fourth-order valence-electron chi connectivity index (χ4n) is 1.38. The van der Waals surface area contributed by atoms with Crippen LogP contribution in [-0.2, 0) is 0 Å². The lowest BCUT2D eigenvalue weighted by molar-refractivity contribution is 0.569. The molecule has 0 unspecified atom stereocenters. The van der Waals surface area contributed by atoms with E-state index in [1.165, 1.54) is 51.5 Å². The Labute approximate surface area is 91.7 Å². The van der Waals surface area contributed by atoms with E-state index in [9.17, 15) is 0 Å². The first-order valence-electron chi connectivity index (χ1n) is 6.62. The van der Waals surface area contributed by atoms with Crippen molar-refractivity contribution >= 4 is 0 Å². The first-order chi connectivity index (χ1) is 6.91. The molecule has 0 saturated carbocycles. The van der Waals surface area contributed by atoms with Gasteiger partial charge in [0.25, 0.3) is 0 Å². The zero-order chi connectivity index (χ0) is 11.1. The van der Waals surface area contributed by atoms with Crippen LogP contribution in [0.3, 0.4) is 0 Å². The van der Waals surface area contributed by atoms with Crippen LogP contribution in [-0.4, -0.2) is 13.1 Å². The SMILES string of the molecule is CC.CCCCCCCCCNCC. The lowest BCUT2D eigenvalue weighted by Crippen LogP contribution is -2.13. The van der Waals surface area contributed by atoms with E-state index in [0.29, 0.717) is 0 Å². The molecule has 1 heteroatoms. The van der Waals surface area contributed by atoms with Crippen LogP contribution in [0.15, 0.2) is 0 Å². The minimum atomic E-state index is 1.12. The molecule has 0 aromatic rings. The minimum Gasteiger partial charge on any atom is -0.317 e. The van der Waals surface area contributed by atoms with Gasteiger partial charge < -0.3 is 5.32 Å². The van der Waals surface area contributed by atoms with Crippen molar-refractivity contribution in [2.45, 2.75) is 72.6 Å². The molecular formula is C13H31N. The Morgan fingerprint density at radius 1 is 0.714 bits per heavy atom. The van der Waals surface area contributed by atoms with Gasteiger partial charge in [0.1, 0.15) is 0 Å². The summed E-state index contributed by atoms with van der Waals surface area (Å²) in [4.78, 5) is 0. The van der Waals surface area contributed by atoms with E-state index in [1.54, 1.807) is 0 Å². The van der Waals surface area contributed by atoms with Gasteiger partial charge in [-0.25, -0.2) is 0 Å². The molecule has 0 heterocycles. The normalized spacial score (nSPS) is 9.43. The van der Waals surface area contributed by atoms with Crippen LogP contribution in [0.5, 0.6) is 0 Å². The van der Waals surface area contributed by atoms with Crippen LogP contribution in [0.1, 0.15) is 72.6 Å². The molecule has 0 fully saturated rings. The van der Waals surface area contributed by atoms with Gasteiger partial charge in [-0.15, -0.1) is 0 Å². The van der Waals surface area contributed by atoms with Crippen LogP contribution in [0.2, 0.25) is 0 Å². The zero-order valence-electron chi connectivity index (χ0n) is 10.9. The Hall–Kier alpha value is -0.0400. The lowest BCUT2D eigenvalue weighted by atomic mass is 10.1. The van der Waals surface area contributed by atoms with Gasteiger partial charge in [-0.3, -0.25) is 0 Å². The van der Waals surface area contributed by atoms with E-state index < -0.39 is 0 Å². The second kappa shape index (κ2) is 18.7. The molecule has 0 spiro atoms. The Morgan fingerprint density at radius 3 is 1.71 bits per heavy atom. The Kier molecular flexibility index (Phi) is 21.9. The van der Waals surface area contributed by atoms with Crippen molar-refractivity contribution in [3.8, 4) is 0 Å². The topological polar surface area (TPSA) is 12.0 Å². The smallest absolute Gasteiger partial charge is 0.00490 e. The van der Waals surface area contributed by atoms with Gasteiger partial charge >= 0.3 is 0 Å². The third-order valence-electron chi connectivity index (χ3n) is 2.21. The molecule has 0 saturated heterocycles. The summed E-state index contributed by atoms with van der Waals surface area (Å²) in [5, 5.41) is 3.35. The number of nitrogens with one attached hydrogen (secondary N) is 1. The average molecular weight is 201 g/mol. The van der Waals surface area contributed by atoms with Crippen LogP contribution in [0.25, 0.3) is 0 Å². The standard InChI is InChI=1S/C11H25N.C2H6/c1-3-5-6-7-8-9-10-11-12-4-2;1-2/h12H,3-11H2,1-2H3;1-2H3. The summed E-state index contributed by atoms with van der Waals surface area (Å²) in [6.07, 6.45) is 9.88. The van der Waals surface area contributed by atoms with E-state index in [2.05, 4.69) is 19.2 Å². The summed E-state index contributed by atoms with van der Waals surface area (Å²) in [7, 11) is 0. The maximum Gasteiger partial charge on any atom is -0.00490 e. The molecule has 0 aromatic carbocycles. The monoisotopic (exact) mass is 201 g/mol. The highest BCUT2D eigenvalue weighted by Crippen LogP contribution is 2.05. The first-order valence-corrected chi connectivity index (χ1v) is 6.62. The highest BCUT2D eigenvalue weighted by atomic mass is 14.8. The molecule has 1 N–H and O–H groups in total. The van der Waals surface area contributed by atoms with Gasteiger partial charge in [0.05, 0.1) is 0 Å². The van der Waals surface area contributed by atoms with E-state index >= 15 is 0 Å². The van der Waals surface area contributed by atoms with Gasteiger partial charge in [-0.1, -0.05) is 66.2 Å². The third-order valence-corrected chi connectivity index (χ3v) is 2.21. The van der Waals surface area contributed by atoms with Crippen LogP contribution >= 0.6 is 0 Å². The maximum absolute atomic E-state index is 3.35. The molecule has 0 aromatic heterocycles. The van der Waals surface area contributed by atoms with Crippen LogP contribution in [0.4, 0.5) is 0 Å². The highest BCUT2D eigenvalue weighted by molar-refractivity contribution is 4.47. The largest absolute Gasteiger partial charge is 0.317 e. The Bertz CT molecular complexity index is 61.6. The van der Waals surface area contributed by atoms with Gasteiger partial charge in [0.2, 0.25) is 0 Å². The van der Waals surface area contributed by atoms with E-state index in [4.69, 9.17) is 0 Å². The van der Waals surface area contributed by atoms with Gasteiger partial charge in [0.15, 0.2) is 0 Å². The van der Waals surface area contributed by atoms with Crippen molar-refractivity contribution < 1.29 is 0 Å². The quantitative estimate of drug-likeness (QED) is 0.546. The molecule has 88 valence electrons. The second-order valence-corrected chi connectivity index (χ2v) is 3.47. The minimum absolute atomic E-state index is 1.12. The molecule has 0 aliphatic carbocycles. The number of hydrogen-bond donors (Lipinski definition) is 1. The first kappa shape index (κ1) is 16.4.